The van der Waals surface area contributed by atoms with E-state index in [9.17, 15) is 0 Å². The SMILES string of the molecule is CC(C)Oc1ccc(CNc2ncn[nH]2)cc1Cl. The van der Waals surface area contributed by atoms with Crippen LogP contribution in [0.2, 0.25) is 5.02 Å². The summed E-state index contributed by atoms with van der Waals surface area (Å²) in [6.07, 6.45) is 1.56. The van der Waals surface area contributed by atoms with Crippen molar-refractivity contribution in [2.75, 3.05) is 5.32 Å². The number of benzene rings is 1. The molecule has 0 radical (unpaired) electrons. The number of hydrogen-bond acceptors (Lipinski definition) is 4. The topological polar surface area (TPSA) is 62.8 Å². The van der Waals surface area contributed by atoms with Crippen molar-refractivity contribution in [3.63, 3.8) is 0 Å². The second-order valence-corrected chi connectivity index (χ2v) is 4.53. The zero-order valence-electron chi connectivity index (χ0n) is 10.3. The average Bonchev–Trinajstić information content (AvgIpc) is 2.82. The van der Waals surface area contributed by atoms with E-state index in [-0.39, 0.29) is 6.10 Å². The molecular formula is C12H15ClN4O. The van der Waals surface area contributed by atoms with Crippen molar-refractivity contribution in [1.29, 1.82) is 0 Å². The van der Waals surface area contributed by atoms with Gasteiger partial charge in [0.2, 0.25) is 5.95 Å². The van der Waals surface area contributed by atoms with E-state index in [1.807, 2.05) is 32.0 Å². The highest BCUT2D eigenvalue weighted by molar-refractivity contribution is 6.32. The number of hydrogen-bond donors (Lipinski definition) is 2. The third-order valence-corrected chi connectivity index (χ3v) is 2.53. The molecule has 0 atom stereocenters. The Morgan fingerprint density at radius 2 is 2.28 bits per heavy atom. The average molecular weight is 267 g/mol. The maximum atomic E-state index is 6.15. The van der Waals surface area contributed by atoms with E-state index in [1.54, 1.807) is 0 Å². The van der Waals surface area contributed by atoms with Crippen molar-refractivity contribution < 1.29 is 4.74 Å². The molecule has 2 rings (SSSR count). The molecule has 1 heterocycles. The monoisotopic (exact) mass is 266 g/mol. The van der Waals surface area contributed by atoms with Crippen LogP contribution in [0, 0.1) is 0 Å². The lowest BCUT2D eigenvalue weighted by Crippen LogP contribution is -2.06. The Labute approximate surface area is 111 Å². The molecule has 96 valence electrons. The van der Waals surface area contributed by atoms with Gasteiger partial charge < -0.3 is 10.1 Å². The minimum atomic E-state index is 0.112. The van der Waals surface area contributed by atoms with Gasteiger partial charge in [0.15, 0.2) is 0 Å². The molecule has 0 aliphatic carbocycles. The summed E-state index contributed by atoms with van der Waals surface area (Å²) in [5.41, 5.74) is 1.05. The predicted octanol–water partition coefficient (Wildman–Crippen LogP) is 2.86. The molecule has 0 aliphatic rings. The highest BCUT2D eigenvalue weighted by atomic mass is 35.5. The molecule has 0 unspecified atom stereocenters. The lowest BCUT2D eigenvalue weighted by atomic mass is 10.2. The molecule has 0 aliphatic heterocycles. The molecule has 6 heteroatoms. The van der Waals surface area contributed by atoms with E-state index >= 15 is 0 Å². The smallest absolute Gasteiger partial charge is 0.218 e. The van der Waals surface area contributed by atoms with Crippen LogP contribution >= 0.6 is 11.6 Å². The highest BCUT2D eigenvalue weighted by Gasteiger charge is 2.05. The van der Waals surface area contributed by atoms with Crippen LogP contribution in [-0.4, -0.2) is 21.3 Å². The molecule has 2 N–H and O–H groups in total. The van der Waals surface area contributed by atoms with Crippen molar-refractivity contribution in [3.8, 4) is 5.75 Å². The molecule has 1 aromatic carbocycles. The number of aromatic amines is 1. The largest absolute Gasteiger partial charge is 0.489 e. The van der Waals surface area contributed by atoms with Crippen LogP contribution in [-0.2, 0) is 6.54 Å². The van der Waals surface area contributed by atoms with Gasteiger partial charge in [0.25, 0.3) is 0 Å². The molecule has 0 saturated heterocycles. The van der Waals surface area contributed by atoms with E-state index in [4.69, 9.17) is 16.3 Å². The molecule has 0 saturated carbocycles. The summed E-state index contributed by atoms with van der Waals surface area (Å²) in [6, 6.07) is 5.72. The Hall–Kier alpha value is -1.75. The van der Waals surface area contributed by atoms with Gasteiger partial charge in [-0.3, -0.25) is 0 Å². The summed E-state index contributed by atoms with van der Waals surface area (Å²) in [7, 11) is 0. The Balaban J connectivity index is 2.00. The van der Waals surface area contributed by atoms with Crippen molar-refractivity contribution in [2.45, 2.75) is 26.5 Å². The number of aromatic nitrogens is 3. The quantitative estimate of drug-likeness (QED) is 0.874. The first-order chi connectivity index (χ1) is 8.65. The zero-order valence-corrected chi connectivity index (χ0v) is 11.0. The van der Waals surface area contributed by atoms with Crippen LogP contribution in [0.4, 0.5) is 5.95 Å². The first-order valence-electron chi connectivity index (χ1n) is 5.69. The van der Waals surface area contributed by atoms with Gasteiger partial charge in [-0.15, -0.1) is 0 Å². The summed E-state index contributed by atoms with van der Waals surface area (Å²) in [6.45, 7) is 4.56. The lowest BCUT2D eigenvalue weighted by molar-refractivity contribution is 0.242. The van der Waals surface area contributed by atoms with Crippen LogP contribution in [0.15, 0.2) is 24.5 Å². The van der Waals surface area contributed by atoms with E-state index in [2.05, 4.69) is 20.5 Å². The number of halogens is 1. The molecule has 0 amide bonds. The molecule has 0 bridgehead atoms. The van der Waals surface area contributed by atoms with Gasteiger partial charge in [-0.25, -0.2) is 10.1 Å². The van der Waals surface area contributed by atoms with Gasteiger partial charge in [-0.2, -0.15) is 5.10 Å². The molecule has 0 fully saturated rings. The van der Waals surface area contributed by atoms with Crippen LogP contribution in [0.1, 0.15) is 19.4 Å². The van der Waals surface area contributed by atoms with Crippen molar-refractivity contribution in [2.24, 2.45) is 0 Å². The summed E-state index contributed by atoms with van der Waals surface area (Å²) in [5.74, 6) is 1.34. The van der Waals surface area contributed by atoms with Gasteiger partial charge in [-0.05, 0) is 31.5 Å². The van der Waals surface area contributed by atoms with E-state index in [0.717, 1.165) is 5.56 Å². The Morgan fingerprint density at radius 1 is 1.44 bits per heavy atom. The standard InChI is InChI=1S/C12H15ClN4O/c1-8(2)18-11-4-3-9(5-10(11)13)6-14-12-15-7-16-17-12/h3-5,7-8H,6H2,1-2H3,(H2,14,15,16,17). The van der Waals surface area contributed by atoms with E-state index in [1.165, 1.54) is 6.33 Å². The second-order valence-electron chi connectivity index (χ2n) is 4.12. The number of rotatable bonds is 5. The minimum absolute atomic E-state index is 0.112. The molecular weight excluding hydrogens is 252 g/mol. The molecule has 1 aromatic heterocycles. The highest BCUT2D eigenvalue weighted by Crippen LogP contribution is 2.26. The Bertz CT molecular complexity index is 499. The maximum Gasteiger partial charge on any atom is 0.218 e. The summed E-state index contributed by atoms with van der Waals surface area (Å²) in [5, 5.41) is 10.2. The summed E-state index contributed by atoms with van der Waals surface area (Å²) < 4.78 is 5.57. The Morgan fingerprint density at radius 3 is 2.89 bits per heavy atom. The van der Waals surface area contributed by atoms with E-state index in [0.29, 0.717) is 23.3 Å². The molecule has 2 aromatic rings. The normalized spacial score (nSPS) is 10.7. The number of nitrogens with one attached hydrogen (secondary N) is 2. The summed E-state index contributed by atoms with van der Waals surface area (Å²) in [4.78, 5) is 3.98. The predicted molar refractivity (Wildman–Crippen MR) is 70.9 cm³/mol. The van der Waals surface area contributed by atoms with Gasteiger partial charge in [0.1, 0.15) is 12.1 Å². The first kappa shape index (κ1) is 12.7. The fraction of sp³-hybridized carbons (Fsp3) is 0.333. The minimum Gasteiger partial charge on any atom is -0.489 e. The van der Waals surface area contributed by atoms with Crippen molar-refractivity contribution in [1.82, 2.24) is 15.2 Å². The van der Waals surface area contributed by atoms with Crippen LogP contribution in [0.5, 0.6) is 5.75 Å². The number of nitrogens with zero attached hydrogens (tertiary/aromatic N) is 2. The van der Waals surface area contributed by atoms with Crippen LogP contribution < -0.4 is 10.1 Å². The number of anilines is 1. The molecule has 18 heavy (non-hydrogen) atoms. The summed E-state index contributed by atoms with van der Waals surface area (Å²) >= 11 is 6.15. The zero-order chi connectivity index (χ0) is 13.0. The molecule has 5 nitrogen and oxygen atoms in total. The van der Waals surface area contributed by atoms with Crippen LogP contribution in [0.25, 0.3) is 0 Å². The van der Waals surface area contributed by atoms with Crippen molar-refractivity contribution in [3.05, 3.63) is 35.1 Å². The van der Waals surface area contributed by atoms with Gasteiger partial charge in [0, 0.05) is 6.54 Å². The fourth-order valence-corrected chi connectivity index (χ4v) is 1.73. The van der Waals surface area contributed by atoms with Crippen LogP contribution in [0.3, 0.4) is 0 Å². The van der Waals surface area contributed by atoms with Crippen molar-refractivity contribution >= 4 is 17.5 Å². The Kier molecular flexibility index (Phi) is 4.04. The second kappa shape index (κ2) is 5.73. The molecule has 0 spiro atoms. The third-order valence-electron chi connectivity index (χ3n) is 2.23. The van der Waals surface area contributed by atoms with Gasteiger partial charge >= 0.3 is 0 Å². The number of H-pyrrole nitrogens is 1. The van der Waals surface area contributed by atoms with Gasteiger partial charge in [0.05, 0.1) is 11.1 Å². The van der Waals surface area contributed by atoms with E-state index < -0.39 is 0 Å². The first-order valence-corrected chi connectivity index (χ1v) is 6.07. The number of ether oxygens (including phenoxy) is 1. The third kappa shape index (κ3) is 3.37. The lowest BCUT2D eigenvalue weighted by Gasteiger charge is -2.12. The van der Waals surface area contributed by atoms with Gasteiger partial charge in [-0.1, -0.05) is 17.7 Å². The maximum absolute atomic E-state index is 6.15. The fourth-order valence-electron chi connectivity index (χ4n) is 1.48.